The minimum Gasteiger partial charge on any atom is -0.431 e. The molecule has 2 atom stereocenters. The largest absolute Gasteiger partial charge is 0.431 e. The molecule has 0 heterocycles. The predicted molar refractivity (Wildman–Crippen MR) is 75.7 cm³/mol. The van der Waals surface area contributed by atoms with Crippen molar-refractivity contribution in [2.45, 2.75) is 39.2 Å². The molecule has 1 rings (SSSR count). The summed E-state index contributed by atoms with van der Waals surface area (Å²) < 4.78 is 5.02. The van der Waals surface area contributed by atoms with Gasteiger partial charge >= 0.3 is 5.97 Å². The first-order valence-corrected chi connectivity index (χ1v) is 6.76. The van der Waals surface area contributed by atoms with Crippen molar-refractivity contribution in [3.63, 3.8) is 0 Å². The molecule has 19 heavy (non-hydrogen) atoms. The summed E-state index contributed by atoms with van der Waals surface area (Å²) in [6.45, 7) is 4.00. The van der Waals surface area contributed by atoms with Crippen LogP contribution in [0.25, 0.3) is 0 Å². The predicted octanol–water partition coefficient (Wildman–Crippen LogP) is 3.54. The summed E-state index contributed by atoms with van der Waals surface area (Å²) in [5.41, 5.74) is 0.520. The van der Waals surface area contributed by atoms with Crippen LogP contribution in [0, 0.1) is 5.92 Å². The Bertz CT molecular complexity index is 398. The van der Waals surface area contributed by atoms with Gasteiger partial charge in [0.25, 0.3) is 0 Å². The van der Waals surface area contributed by atoms with E-state index in [1.165, 1.54) is 6.26 Å². The minimum absolute atomic E-state index is 0.0184. The van der Waals surface area contributed by atoms with E-state index >= 15 is 0 Å². The van der Waals surface area contributed by atoms with Crippen molar-refractivity contribution >= 4 is 5.97 Å². The van der Waals surface area contributed by atoms with E-state index in [2.05, 4.69) is 6.92 Å². The third-order valence-corrected chi connectivity index (χ3v) is 3.03. The van der Waals surface area contributed by atoms with Gasteiger partial charge in [-0.3, -0.25) is 0 Å². The average molecular weight is 262 g/mol. The van der Waals surface area contributed by atoms with E-state index in [0.29, 0.717) is 5.56 Å². The molecule has 0 saturated heterocycles. The van der Waals surface area contributed by atoms with Gasteiger partial charge in [0.15, 0.2) is 0 Å². The van der Waals surface area contributed by atoms with Gasteiger partial charge in [0.1, 0.15) is 0 Å². The topological polar surface area (TPSA) is 46.5 Å². The maximum absolute atomic E-state index is 11.6. The van der Waals surface area contributed by atoms with Crippen LogP contribution in [-0.4, -0.2) is 17.2 Å². The number of hydrogen-bond acceptors (Lipinski definition) is 3. The van der Waals surface area contributed by atoms with Gasteiger partial charge in [-0.25, -0.2) is 4.79 Å². The Balaban J connectivity index is 2.39. The van der Waals surface area contributed by atoms with Crippen LogP contribution in [0.2, 0.25) is 0 Å². The summed E-state index contributed by atoms with van der Waals surface area (Å²) in [4.78, 5) is 11.6. The second-order valence-electron chi connectivity index (χ2n) is 4.67. The third kappa shape index (κ3) is 5.71. The normalized spacial score (nSPS) is 14.3. The van der Waals surface area contributed by atoms with Crippen molar-refractivity contribution in [1.29, 1.82) is 0 Å². The lowest BCUT2D eigenvalue weighted by molar-refractivity contribution is 0.0656. The monoisotopic (exact) mass is 262 g/mol. The zero-order chi connectivity index (χ0) is 14.1. The van der Waals surface area contributed by atoms with Crippen molar-refractivity contribution in [2.24, 2.45) is 5.92 Å². The molecular weight excluding hydrogens is 240 g/mol. The minimum atomic E-state index is -0.383. The van der Waals surface area contributed by atoms with Crippen LogP contribution < -0.4 is 0 Å². The molecule has 1 N–H and O–H groups in total. The Labute approximate surface area is 114 Å². The Morgan fingerprint density at radius 2 is 2.05 bits per heavy atom. The smallest absolute Gasteiger partial charge is 0.342 e. The number of rotatable bonds is 7. The Kier molecular flexibility index (Phi) is 6.90. The van der Waals surface area contributed by atoms with E-state index < -0.39 is 0 Å². The van der Waals surface area contributed by atoms with E-state index in [4.69, 9.17) is 4.74 Å². The first-order valence-electron chi connectivity index (χ1n) is 6.76. The molecule has 0 aromatic heterocycles. The lowest BCUT2D eigenvalue weighted by atomic mass is 10.00. The molecule has 0 fully saturated rings. The molecule has 0 radical (unpaired) electrons. The molecule has 0 bridgehead atoms. The molecule has 104 valence electrons. The highest BCUT2D eigenvalue weighted by molar-refractivity contribution is 5.89. The molecule has 0 spiro atoms. The van der Waals surface area contributed by atoms with Crippen LogP contribution in [0.5, 0.6) is 0 Å². The van der Waals surface area contributed by atoms with E-state index in [9.17, 15) is 9.90 Å². The second-order valence-corrected chi connectivity index (χ2v) is 4.67. The van der Waals surface area contributed by atoms with Gasteiger partial charge < -0.3 is 9.84 Å². The van der Waals surface area contributed by atoms with Gasteiger partial charge in [-0.05, 0) is 24.6 Å². The molecule has 0 aliphatic carbocycles. The molecule has 0 unspecified atom stereocenters. The van der Waals surface area contributed by atoms with Crippen LogP contribution in [-0.2, 0) is 4.74 Å². The van der Waals surface area contributed by atoms with Crippen LogP contribution in [0.1, 0.15) is 43.5 Å². The van der Waals surface area contributed by atoms with Gasteiger partial charge in [0.2, 0.25) is 0 Å². The standard InChI is InChI=1S/C16H22O3/c1-3-4-10-15(17)13(2)11-12-19-16(18)14-8-6-5-7-9-14/h5-9,11-13,15,17H,3-4,10H2,1-2H3/b12-11+/t13-,15+/m1/s1. The van der Waals surface area contributed by atoms with Gasteiger partial charge in [0, 0.05) is 5.92 Å². The number of benzene rings is 1. The third-order valence-electron chi connectivity index (χ3n) is 3.03. The fourth-order valence-corrected chi connectivity index (χ4v) is 1.67. The molecule has 3 nitrogen and oxygen atoms in total. The van der Waals surface area contributed by atoms with Crippen molar-refractivity contribution in [3.8, 4) is 0 Å². The first kappa shape index (κ1) is 15.4. The lowest BCUT2D eigenvalue weighted by Crippen LogP contribution is -2.15. The number of ether oxygens (including phenoxy) is 1. The Morgan fingerprint density at radius 3 is 2.68 bits per heavy atom. The summed E-state index contributed by atoms with van der Waals surface area (Å²) in [5.74, 6) is -0.401. The van der Waals surface area contributed by atoms with Gasteiger partial charge in [0.05, 0.1) is 17.9 Å². The summed E-state index contributed by atoms with van der Waals surface area (Å²) >= 11 is 0. The molecule has 0 amide bonds. The van der Waals surface area contributed by atoms with Gasteiger partial charge in [-0.1, -0.05) is 44.9 Å². The van der Waals surface area contributed by atoms with Crippen LogP contribution in [0.3, 0.4) is 0 Å². The second kappa shape index (κ2) is 8.48. The van der Waals surface area contributed by atoms with Gasteiger partial charge in [-0.15, -0.1) is 0 Å². The number of unbranched alkanes of at least 4 members (excludes halogenated alkanes) is 1. The number of carbonyl (C=O) groups is 1. The number of aliphatic hydroxyl groups excluding tert-OH is 1. The number of hydrogen-bond donors (Lipinski definition) is 1. The molecule has 0 saturated carbocycles. The molecule has 0 aliphatic rings. The fraction of sp³-hybridized carbons (Fsp3) is 0.438. The molecule has 0 aliphatic heterocycles. The summed E-state index contributed by atoms with van der Waals surface area (Å²) in [7, 11) is 0. The van der Waals surface area contributed by atoms with Crippen LogP contribution in [0.15, 0.2) is 42.7 Å². The van der Waals surface area contributed by atoms with E-state index in [1.807, 2.05) is 13.0 Å². The Hall–Kier alpha value is -1.61. The highest BCUT2D eigenvalue weighted by Crippen LogP contribution is 2.12. The number of carbonyl (C=O) groups excluding carboxylic acids is 1. The fourth-order valence-electron chi connectivity index (χ4n) is 1.67. The lowest BCUT2D eigenvalue weighted by Gasteiger charge is -2.14. The maximum atomic E-state index is 11.6. The van der Waals surface area contributed by atoms with Crippen molar-refractivity contribution in [2.75, 3.05) is 0 Å². The first-order chi connectivity index (χ1) is 9.15. The number of esters is 1. The van der Waals surface area contributed by atoms with Crippen molar-refractivity contribution in [1.82, 2.24) is 0 Å². The molecule has 1 aromatic carbocycles. The Morgan fingerprint density at radius 1 is 1.37 bits per heavy atom. The zero-order valence-corrected chi connectivity index (χ0v) is 11.6. The molecular formula is C16H22O3. The SMILES string of the molecule is CCCC[C@H](O)[C@H](C)/C=C/OC(=O)c1ccccc1. The number of aliphatic hydroxyl groups is 1. The molecule has 1 aromatic rings. The average Bonchev–Trinajstić information content (AvgIpc) is 2.45. The highest BCUT2D eigenvalue weighted by Gasteiger charge is 2.11. The van der Waals surface area contributed by atoms with Crippen molar-refractivity contribution in [3.05, 3.63) is 48.2 Å². The zero-order valence-electron chi connectivity index (χ0n) is 11.6. The maximum Gasteiger partial charge on any atom is 0.342 e. The summed E-state index contributed by atoms with van der Waals surface area (Å²) in [6.07, 6.45) is 5.55. The van der Waals surface area contributed by atoms with E-state index in [-0.39, 0.29) is 18.0 Å². The highest BCUT2D eigenvalue weighted by atomic mass is 16.5. The van der Waals surface area contributed by atoms with Gasteiger partial charge in [-0.2, -0.15) is 0 Å². The molecule has 3 heteroatoms. The van der Waals surface area contributed by atoms with Crippen molar-refractivity contribution < 1.29 is 14.6 Å². The quantitative estimate of drug-likeness (QED) is 0.604. The summed E-state index contributed by atoms with van der Waals surface area (Å²) in [5, 5.41) is 9.84. The van der Waals surface area contributed by atoms with E-state index in [1.54, 1.807) is 30.3 Å². The van der Waals surface area contributed by atoms with Crippen LogP contribution >= 0.6 is 0 Å². The van der Waals surface area contributed by atoms with E-state index in [0.717, 1.165) is 19.3 Å². The van der Waals surface area contributed by atoms with Crippen LogP contribution in [0.4, 0.5) is 0 Å². The summed E-state index contributed by atoms with van der Waals surface area (Å²) in [6, 6.07) is 8.83.